The molecule has 16 heavy (non-hydrogen) atoms. The lowest BCUT2D eigenvalue weighted by atomic mass is 10.0. The SMILES string of the molecule is OC1(O)C=CC(C#Cc2ccccc2)=CC1. The Morgan fingerprint density at radius 3 is 2.44 bits per heavy atom. The van der Waals surface area contributed by atoms with Crippen LogP contribution in [0, 0.1) is 11.8 Å². The molecular formula is C14H12O2. The minimum atomic E-state index is -1.71. The molecule has 80 valence electrons. The van der Waals surface area contributed by atoms with Crippen LogP contribution in [0.4, 0.5) is 0 Å². The molecule has 2 N–H and O–H groups in total. The summed E-state index contributed by atoms with van der Waals surface area (Å²) in [6.45, 7) is 0. The number of hydrogen-bond donors (Lipinski definition) is 2. The first-order chi connectivity index (χ1) is 7.66. The van der Waals surface area contributed by atoms with Gasteiger partial charge in [-0.05, 0) is 24.3 Å². The lowest BCUT2D eigenvalue weighted by Crippen LogP contribution is -2.25. The van der Waals surface area contributed by atoms with Gasteiger partial charge in [0.2, 0.25) is 0 Å². The van der Waals surface area contributed by atoms with Gasteiger partial charge < -0.3 is 10.2 Å². The van der Waals surface area contributed by atoms with Gasteiger partial charge in [0, 0.05) is 17.6 Å². The van der Waals surface area contributed by atoms with Crippen molar-refractivity contribution in [3.63, 3.8) is 0 Å². The van der Waals surface area contributed by atoms with E-state index in [0.29, 0.717) is 0 Å². The van der Waals surface area contributed by atoms with Crippen molar-refractivity contribution >= 4 is 0 Å². The summed E-state index contributed by atoms with van der Waals surface area (Å²) in [4.78, 5) is 0. The summed E-state index contributed by atoms with van der Waals surface area (Å²) in [6.07, 6.45) is 4.87. The maximum atomic E-state index is 9.25. The molecule has 0 saturated heterocycles. The van der Waals surface area contributed by atoms with Crippen LogP contribution in [0.5, 0.6) is 0 Å². The van der Waals surface area contributed by atoms with E-state index >= 15 is 0 Å². The minimum Gasteiger partial charge on any atom is -0.362 e. The molecule has 2 heteroatoms. The monoisotopic (exact) mass is 212 g/mol. The highest BCUT2D eigenvalue weighted by Crippen LogP contribution is 2.17. The van der Waals surface area contributed by atoms with Gasteiger partial charge in [0.1, 0.15) is 0 Å². The Labute approximate surface area is 94.6 Å². The smallest absolute Gasteiger partial charge is 0.186 e. The maximum absolute atomic E-state index is 9.25. The van der Waals surface area contributed by atoms with Crippen molar-refractivity contribution < 1.29 is 10.2 Å². The van der Waals surface area contributed by atoms with E-state index in [1.165, 1.54) is 6.08 Å². The van der Waals surface area contributed by atoms with E-state index in [1.807, 2.05) is 30.3 Å². The predicted molar refractivity (Wildman–Crippen MR) is 62.3 cm³/mol. The fourth-order valence-electron chi connectivity index (χ4n) is 1.38. The molecule has 1 aromatic rings. The zero-order valence-corrected chi connectivity index (χ0v) is 8.72. The van der Waals surface area contributed by atoms with E-state index in [4.69, 9.17) is 0 Å². The van der Waals surface area contributed by atoms with Gasteiger partial charge in [-0.15, -0.1) is 0 Å². The van der Waals surface area contributed by atoms with Crippen molar-refractivity contribution in [1.82, 2.24) is 0 Å². The largest absolute Gasteiger partial charge is 0.362 e. The summed E-state index contributed by atoms with van der Waals surface area (Å²) in [5.74, 6) is 4.28. The van der Waals surface area contributed by atoms with E-state index in [2.05, 4.69) is 11.8 Å². The first-order valence-corrected chi connectivity index (χ1v) is 5.07. The Morgan fingerprint density at radius 1 is 1.06 bits per heavy atom. The van der Waals surface area contributed by atoms with E-state index in [0.717, 1.165) is 11.1 Å². The molecule has 1 aliphatic rings. The van der Waals surface area contributed by atoms with E-state index in [9.17, 15) is 10.2 Å². The highest BCUT2D eigenvalue weighted by molar-refractivity contribution is 5.46. The summed E-state index contributed by atoms with van der Waals surface area (Å²) in [5.41, 5.74) is 1.75. The lowest BCUT2D eigenvalue weighted by molar-refractivity contribution is -0.115. The fourth-order valence-corrected chi connectivity index (χ4v) is 1.38. The molecule has 0 aliphatic heterocycles. The molecule has 0 bridgehead atoms. The third-order valence-corrected chi connectivity index (χ3v) is 2.28. The Balaban J connectivity index is 2.11. The molecule has 1 aliphatic carbocycles. The Bertz CT molecular complexity index is 484. The van der Waals surface area contributed by atoms with Crippen LogP contribution in [0.25, 0.3) is 0 Å². The van der Waals surface area contributed by atoms with Crippen molar-refractivity contribution in [3.8, 4) is 11.8 Å². The highest BCUT2D eigenvalue weighted by Gasteiger charge is 2.19. The van der Waals surface area contributed by atoms with Gasteiger partial charge in [-0.3, -0.25) is 0 Å². The molecular weight excluding hydrogens is 200 g/mol. The second-order valence-corrected chi connectivity index (χ2v) is 3.69. The zero-order valence-electron chi connectivity index (χ0n) is 8.72. The highest BCUT2D eigenvalue weighted by atomic mass is 16.5. The van der Waals surface area contributed by atoms with Gasteiger partial charge in [0.05, 0.1) is 0 Å². The number of rotatable bonds is 0. The van der Waals surface area contributed by atoms with Crippen LogP contribution in [-0.4, -0.2) is 16.0 Å². The second-order valence-electron chi connectivity index (χ2n) is 3.69. The van der Waals surface area contributed by atoms with Crippen LogP contribution in [0.1, 0.15) is 12.0 Å². The molecule has 0 unspecified atom stereocenters. The molecule has 0 aromatic heterocycles. The molecule has 0 spiro atoms. The third-order valence-electron chi connectivity index (χ3n) is 2.28. The number of benzene rings is 1. The van der Waals surface area contributed by atoms with Crippen LogP contribution >= 0.6 is 0 Å². The summed E-state index contributed by atoms with van der Waals surface area (Å²) in [6, 6.07) is 9.67. The van der Waals surface area contributed by atoms with E-state index < -0.39 is 5.79 Å². The fraction of sp³-hybridized carbons (Fsp3) is 0.143. The molecule has 0 atom stereocenters. The number of allylic oxidation sites excluding steroid dienone is 2. The van der Waals surface area contributed by atoms with Crippen molar-refractivity contribution in [2.45, 2.75) is 12.2 Å². The Kier molecular flexibility index (Phi) is 2.91. The normalized spacial score (nSPS) is 17.2. The molecule has 2 nitrogen and oxygen atoms in total. The Morgan fingerprint density at radius 2 is 1.81 bits per heavy atom. The molecule has 0 saturated carbocycles. The van der Waals surface area contributed by atoms with Crippen molar-refractivity contribution in [1.29, 1.82) is 0 Å². The molecule has 2 rings (SSSR count). The van der Waals surface area contributed by atoms with Crippen molar-refractivity contribution in [3.05, 3.63) is 59.7 Å². The summed E-state index contributed by atoms with van der Waals surface area (Å²) in [7, 11) is 0. The first kappa shape index (κ1) is 10.7. The average Bonchev–Trinajstić information content (AvgIpc) is 2.29. The maximum Gasteiger partial charge on any atom is 0.186 e. The number of aliphatic hydroxyl groups is 2. The third kappa shape index (κ3) is 2.83. The number of hydrogen-bond acceptors (Lipinski definition) is 2. The van der Waals surface area contributed by atoms with Crippen molar-refractivity contribution in [2.24, 2.45) is 0 Å². The topological polar surface area (TPSA) is 40.5 Å². The van der Waals surface area contributed by atoms with Crippen LogP contribution in [0.15, 0.2) is 54.1 Å². The predicted octanol–water partition coefficient (Wildman–Crippen LogP) is 1.61. The molecule has 0 radical (unpaired) electrons. The van der Waals surface area contributed by atoms with Gasteiger partial charge in [-0.25, -0.2) is 0 Å². The van der Waals surface area contributed by atoms with Gasteiger partial charge in [-0.2, -0.15) is 0 Å². The van der Waals surface area contributed by atoms with Crippen LogP contribution in [0.2, 0.25) is 0 Å². The van der Waals surface area contributed by atoms with E-state index in [-0.39, 0.29) is 6.42 Å². The van der Waals surface area contributed by atoms with Gasteiger partial charge in [0.15, 0.2) is 5.79 Å². The van der Waals surface area contributed by atoms with Gasteiger partial charge in [-0.1, -0.05) is 36.1 Å². The first-order valence-electron chi connectivity index (χ1n) is 5.07. The quantitative estimate of drug-likeness (QED) is 0.506. The molecule has 0 heterocycles. The second kappa shape index (κ2) is 4.36. The molecule has 0 fully saturated rings. The standard InChI is InChI=1S/C14H12O2/c15-14(16)10-8-13(9-11-14)7-6-12-4-2-1-3-5-12/h1-5,8-10,15-16H,11H2. The summed E-state index contributed by atoms with van der Waals surface area (Å²) < 4.78 is 0. The van der Waals surface area contributed by atoms with Crippen LogP contribution in [0.3, 0.4) is 0 Å². The minimum absolute atomic E-state index is 0.183. The summed E-state index contributed by atoms with van der Waals surface area (Å²) >= 11 is 0. The summed E-state index contributed by atoms with van der Waals surface area (Å²) in [5, 5.41) is 18.5. The van der Waals surface area contributed by atoms with E-state index in [1.54, 1.807) is 12.2 Å². The van der Waals surface area contributed by atoms with Gasteiger partial charge >= 0.3 is 0 Å². The average molecular weight is 212 g/mol. The molecule has 0 amide bonds. The van der Waals surface area contributed by atoms with Crippen molar-refractivity contribution in [2.75, 3.05) is 0 Å². The van der Waals surface area contributed by atoms with Crippen LogP contribution < -0.4 is 0 Å². The Hall–Kier alpha value is -1.82. The zero-order chi connectivity index (χ0) is 11.4. The molecule has 1 aromatic carbocycles. The van der Waals surface area contributed by atoms with Gasteiger partial charge in [0.25, 0.3) is 0 Å². The lowest BCUT2D eigenvalue weighted by Gasteiger charge is -2.18. The van der Waals surface area contributed by atoms with Crippen LogP contribution in [-0.2, 0) is 0 Å².